The fraction of sp³-hybridized carbons (Fsp3) is 0.200. The molecule has 4 rings (SSSR count). The van der Waals surface area contributed by atoms with Gasteiger partial charge in [-0.1, -0.05) is 38.1 Å². The van der Waals surface area contributed by atoms with E-state index in [0.717, 1.165) is 5.69 Å². The topological polar surface area (TPSA) is 112 Å². The average molecular weight is 389 g/mol. The van der Waals surface area contributed by atoms with Crippen molar-refractivity contribution in [3.63, 3.8) is 0 Å². The van der Waals surface area contributed by atoms with Gasteiger partial charge in [0, 0.05) is 11.1 Å². The highest BCUT2D eigenvalue weighted by molar-refractivity contribution is 6.08. The molecule has 0 unspecified atom stereocenters. The smallest absolute Gasteiger partial charge is 0.258 e. The van der Waals surface area contributed by atoms with Crippen LogP contribution in [0.15, 0.2) is 59.4 Å². The first kappa shape index (κ1) is 18.5. The normalized spacial score (nSPS) is 11.4. The molecule has 1 N–H and O–H groups in total. The first-order valence-corrected chi connectivity index (χ1v) is 9.00. The Balaban J connectivity index is 1.57. The fourth-order valence-corrected chi connectivity index (χ4v) is 2.68. The fourth-order valence-electron chi connectivity index (χ4n) is 2.68. The number of anilines is 1. The van der Waals surface area contributed by atoms with Crippen molar-refractivity contribution >= 4 is 11.6 Å². The van der Waals surface area contributed by atoms with E-state index in [-0.39, 0.29) is 11.3 Å². The van der Waals surface area contributed by atoms with E-state index in [0.29, 0.717) is 28.5 Å². The molecule has 0 bridgehead atoms. The molecular formula is C20H19N7O2. The molecule has 0 aliphatic heterocycles. The Kier molecular flexibility index (Phi) is 4.63. The molecule has 0 spiro atoms. The van der Waals surface area contributed by atoms with Gasteiger partial charge in [0.25, 0.3) is 11.8 Å². The number of amides is 1. The van der Waals surface area contributed by atoms with Gasteiger partial charge in [0.05, 0.1) is 16.8 Å². The van der Waals surface area contributed by atoms with Crippen molar-refractivity contribution in [2.24, 2.45) is 0 Å². The zero-order chi connectivity index (χ0) is 20.4. The molecule has 2 aromatic carbocycles. The number of aromatic nitrogens is 6. The Morgan fingerprint density at radius 1 is 1.07 bits per heavy atom. The minimum Gasteiger partial charge on any atom is -0.334 e. The van der Waals surface area contributed by atoms with Gasteiger partial charge in [-0.2, -0.15) is 4.98 Å². The molecular weight excluding hydrogens is 370 g/mol. The van der Waals surface area contributed by atoms with Crippen LogP contribution >= 0.6 is 0 Å². The second kappa shape index (κ2) is 7.27. The zero-order valence-electron chi connectivity index (χ0n) is 16.2. The molecule has 146 valence electrons. The van der Waals surface area contributed by atoms with E-state index >= 15 is 0 Å². The highest BCUT2D eigenvalue weighted by Crippen LogP contribution is 2.26. The maximum Gasteiger partial charge on any atom is 0.258 e. The van der Waals surface area contributed by atoms with Crippen LogP contribution < -0.4 is 5.32 Å². The molecule has 2 heterocycles. The Bertz CT molecular complexity index is 1130. The van der Waals surface area contributed by atoms with Crippen LogP contribution in [0.2, 0.25) is 0 Å². The van der Waals surface area contributed by atoms with Crippen molar-refractivity contribution < 1.29 is 9.32 Å². The number of tetrazole rings is 1. The third kappa shape index (κ3) is 3.88. The van der Waals surface area contributed by atoms with Crippen molar-refractivity contribution in [3.8, 4) is 17.1 Å². The zero-order valence-corrected chi connectivity index (χ0v) is 16.2. The molecule has 0 saturated carbocycles. The molecule has 0 aliphatic rings. The Morgan fingerprint density at radius 2 is 1.83 bits per heavy atom. The predicted octanol–water partition coefficient (Wildman–Crippen LogP) is 3.26. The predicted molar refractivity (Wildman–Crippen MR) is 106 cm³/mol. The number of hydrogen-bond acceptors (Lipinski definition) is 7. The lowest BCUT2D eigenvalue weighted by Crippen LogP contribution is -2.14. The molecule has 29 heavy (non-hydrogen) atoms. The molecule has 0 saturated heterocycles. The van der Waals surface area contributed by atoms with E-state index in [4.69, 9.17) is 4.52 Å². The summed E-state index contributed by atoms with van der Waals surface area (Å²) in [5, 5.41) is 18.0. The number of carbonyl (C=O) groups is 1. The average Bonchev–Trinajstić information content (AvgIpc) is 3.40. The van der Waals surface area contributed by atoms with Gasteiger partial charge >= 0.3 is 0 Å². The maximum atomic E-state index is 12.9. The third-order valence-electron chi connectivity index (χ3n) is 4.24. The van der Waals surface area contributed by atoms with Gasteiger partial charge in [-0.3, -0.25) is 4.79 Å². The van der Waals surface area contributed by atoms with Crippen molar-refractivity contribution in [1.29, 1.82) is 0 Å². The number of carbonyl (C=O) groups excluding carboxylic acids is 1. The molecule has 9 heteroatoms. The number of nitrogens with zero attached hydrogens (tertiary/aromatic N) is 6. The van der Waals surface area contributed by atoms with Gasteiger partial charge in [-0.15, -0.1) is 5.10 Å². The van der Waals surface area contributed by atoms with Crippen molar-refractivity contribution in [1.82, 2.24) is 30.3 Å². The van der Waals surface area contributed by atoms with Crippen molar-refractivity contribution in [2.75, 3.05) is 5.32 Å². The van der Waals surface area contributed by atoms with Crippen LogP contribution in [0.4, 0.5) is 5.69 Å². The highest BCUT2D eigenvalue weighted by Gasteiger charge is 2.23. The van der Waals surface area contributed by atoms with Gasteiger partial charge in [0.1, 0.15) is 6.33 Å². The van der Waals surface area contributed by atoms with E-state index in [9.17, 15) is 4.79 Å². The monoisotopic (exact) mass is 389 g/mol. The Labute approximate surface area is 166 Å². The lowest BCUT2D eigenvalue weighted by atomic mass is 9.96. The van der Waals surface area contributed by atoms with E-state index in [1.165, 1.54) is 11.0 Å². The summed E-state index contributed by atoms with van der Waals surface area (Å²) in [4.78, 5) is 17.3. The number of hydrogen-bond donors (Lipinski definition) is 1. The van der Waals surface area contributed by atoms with Crippen LogP contribution in [0.3, 0.4) is 0 Å². The summed E-state index contributed by atoms with van der Waals surface area (Å²) in [5.74, 6) is 0.627. The van der Waals surface area contributed by atoms with Gasteiger partial charge in [0.15, 0.2) is 5.82 Å². The molecule has 0 aliphatic carbocycles. The second-order valence-corrected chi connectivity index (χ2v) is 7.47. The summed E-state index contributed by atoms with van der Waals surface area (Å²) in [6.45, 7) is 6.00. The lowest BCUT2D eigenvalue weighted by Gasteiger charge is -2.11. The number of benzene rings is 2. The molecule has 4 aromatic rings. The minimum atomic E-state index is -0.272. The summed E-state index contributed by atoms with van der Waals surface area (Å²) in [7, 11) is 0. The molecule has 1 amide bonds. The summed E-state index contributed by atoms with van der Waals surface area (Å²) < 4.78 is 6.94. The van der Waals surface area contributed by atoms with Crippen LogP contribution in [-0.2, 0) is 5.41 Å². The van der Waals surface area contributed by atoms with E-state index in [2.05, 4.69) is 31.0 Å². The SMILES string of the molecule is CC(C)(C)c1noc(-c2ccccc2C(=O)Nc2ccc(-n3cnnn3)cc2)n1. The van der Waals surface area contributed by atoms with Crippen molar-refractivity contribution in [2.45, 2.75) is 26.2 Å². The summed E-state index contributed by atoms with van der Waals surface area (Å²) in [5.41, 5.74) is 2.20. The van der Waals surface area contributed by atoms with Gasteiger partial charge < -0.3 is 9.84 Å². The standard InChI is InChI=1S/C20H19N7O2/c1-20(2,3)19-23-18(29-24-19)16-7-5-4-6-15(16)17(28)22-13-8-10-14(11-9-13)27-12-21-25-26-27/h4-12H,1-3H3,(H,22,28). The first-order valence-electron chi connectivity index (χ1n) is 9.00. The first-order chi connectivity index (χ1) is 13.9. The van der Waals surface area contributed by atoms with Crippen LogP contribution in [0, 0.1) is 0 Å². The lowest BCUT2D eigenvalue weighted by molar-refractivity contribution is 0.102. The van der Waals surface area contributed by atoms with Crippen LogP contribution in [0.1, 0.15) is 37.0 Å². The minimum absolute atomic E-state index is 0.250. The summed E-state index contributed by atoms with van der Waals surface area (Å²) >= 11 is 0. The Morgan fingerprint density at radius 3 is 2.48 bits per heavy atom. The molecule has 9 nitrogen and oxygen atoms in total. The molecule has 0 fully saturated rings. The van der Waals surface area contributed by atoms with Gasteiger partial charge in [0.2, 0.25) is 0 Å². The Hall–Kier alpha value is -3.88. The molecule has 0 atom stereocenters. The quantitative estimate of drug-likeness (QED) is 0.570. The van der Waals surface area contributed by atoms with Crippen LogP contribution in [-0.4, -0.2) is 36.3 Å². The van der Waals surface area contributed by atoms with E-state index in [1.807, 2.05) is 39.0 Å². The molecule has 0 radical (unpaired) electrons. The van der Waals surface area contributed by atoms with Gasteiger partial charge in [-0.25, -0.2) is 4.68 Å². The number of nitrogens with one attached hydrogen (secondary N) is 1. The highest BCUT2D eigenvalue weighted by atomic mass is 16.5. The van der Waals surface area contributed by atoms with Gasteiger partial charge in [-0.05, 0) is 46.8 Å². The van der Waals surface area contributed by atoms with Crippen LogP contribution in [0.5, 0.6) is 0 Å². The second-order valence-electron chi connectivity index (χ2n) is 7.47. The van der Waals surface area contributed by atoms with Crippen molar-refractivity contribution in [3.05, 3.63) is 66.2 Å². The largest absolute Gasteiger partial charge is 0.334 e. The molecule has 2 aromatic heterocycles. The third-order valence-corrected chi connectivity index (χ3v) is 4.24. The van der Waals surface area contributed by atoms with E-state index in [1.54, 1.807) is 30.3 Å². The van der Waals surface area contributed by atoms with Crippen LogP contribution in [0.25, 0.3) is 17.1 Å². The van der Waals surface area contributed by atoms with E-state index < -0.39 is 0 Å². The number of rotatable bonds is 4. The maximum absolute atomic E-state index is 12.9. The summed E-state index contributed by atoms with van der Waals surface area (Å²) in [6, 6.07) is 14.3. The summed E-state index contributed by atoms with van der Waals surface area (Å²) in [6.07, 6.45) is 1.50.